The number of methoxy groups -OCH3 is 1. The third-order valence-corrected chi connectivity index (χ3v) is 4.77. The molecule has 102 valence electrons. The predicted molar refractivity (Wildman–Crippen MR) is 68.4 cm³/mol. The van der Waals surface area contributed by atoms with Crippen LogP contribution in [0.1, 0.15) is 6.92 Å². The summed E-state index contributed by atoms with van der Waals surface area (Å²) in [5, 5.41) is -0.163. The summed E-state index contributed by atoms with van der Waals surface area (Å²) in [6.07, 6.45) is 1.12. The number of halogens is 1. The van der Waals surface area contributed by atoms with Crippen LogP contribution in [0.2, 0.25) is 5.02 Å². The van der Waals surface area contributed by atoms with Crippen LogP contribution in [0.4, 0.5) is 0 Å². The predicted octanol–water partition coefficient (Wildman–Crippen LogP) is 0.684. The number of hydrogen-bond donors (Lipinski definition) is 1. The maximum atomic E-state index is 12.2. The first-order valence-electron chi connectivity index (χ1n) is 5.16. The van der Waals surface area contributed by atoms with Gasteiger partial charge in [-0.25, -0.2) is 8.42 Å². The molecular formula is C10H15ClN2O4S. The SMILES string of the molecule is COCC(C)N(C)S(=O)(=O)c1c[nH]c(=O)c(Cl)c1. The Labute approximate surface area is 111 Å². The molecule has 0 aliphatic rings. The van der Waals surface area contributed by atoms with E-state index in [0.29, 0.717) is 0 Å². The summed E-state index contributed by atoms with van der Waals surface area (Å²) in [7, 11) is -0.765. The summed E-state index contributed by atoms with van der Waals surface area (Å²) in [6.45, 7) is 1.99. The molecule has 1 heterocycles. The molecular weight excluding hydrogens is 280 g/mol. The van der Waals surface area contributed by atoms with Crippen molar-refractivity contribution in [3.8, 4) is 0 Å². The van der Waals surface area contributed by atoms with Gasteiger partial charge in [0.05, 0.1) is 11.5 Å². The number of nitrogens with zero attached hydrogens (tertiary/aromatic N) is 1. The van der Waals surface area contributed by atoms with Crippen LogP contribution in [0.25, 0.3) is 0 Å². The minimum absolute atomic E-state index is 0.0578. The minimum atomic E-state index is -3.70. The fourth-order valence-electron chi connectivity index (χ4n) is 1.34. The highest BCUT2D eigenvalue weighted by molar-refractivity contribution is 7.89. The smallest absolute Gasteiger partial charge is 0.266 e. The molecule has 1 unspecified atom stereocenters. The van der Waals surface area contributed by atoms with Crippen molar-refractivity contribution in [1.82, 2.24) is 9.29 Å². The van der Waals surface area contributed by atoms with Crippen molar-refractivity contribution >= 4 is 21.6 Å². The number of nitrogens with one attached hydrogen (secondary N) is 1. The lowest BCUT2D eigenvalue weighted by molar-refractivity contribution is 0.149. The molecule has 0 bridgehead atoms. The zero-order chi connectivity index (χ0) is 13.9. The van der Waals surface area contributed by atoms with E-state index < -0.39 is 15.6 Å². The Kier molecular flexibility index (Phi) is 4.92. The van der Waals surface area contributed by atoms with Crippen LogP contribution in [-0.4, -0.2) is 44.5 Å². The molecule has 0 spiro atoms. The second-order valence-electron chi connectivity index (χ2n) is 3.84. The third-order valence-electron chi connectivity index (χ3n) is 2.54. The molecule has 0 aromatic carbocycles. The van der Waals surface area contributed by atoms with Crippen LogP contribution in [-0.2, 0) is 14.8 Å². The minimum Gasteiger partial charge on any atom is -0.383 e. The Morgan fingerprint density at radius 2 is 2.17 bits per heavy atom. The van der Waals surface area contributed by atoms with Gasteiger partial charge in [-0.05, 0) is 13.0 Å². The molecule has 1 aromatic heterocycles. The number of sulfonamides is 1. The highest BCUT2D eigenvalue weighted by Gasteiger charge is 2.26. The maximum absolute atomic E-state index is 12.2. The number of aromatic amines is 1. The Balaban J connectivity index is 3.13. The highest BCUT2D eigenvalue weighted by atomic mass is 35.5. The van der Waals surface area contributed by atoms with E-state index in [9.17, 15) is 13.2 Å². The van der Waals surface area contributed by atoms with Crippen LogP contribution < -0.4 is 5.56 Å². The standard InChI is InChI=1S/C10H15ClN2O4S/c1-7(6-17-3)13(2)18(15,16)8-4-9(11)10(14)12-5-8/h4-5,7H,6H2,1-3H3,(H,12,14). The van der Waals surface area contributed by atoms with Crippen LogP contribution in [0, 0.1) is 0 Å². The van der Waals surface area contributed by atoms with Gasteiger partial charge in [0.15, 0.2) is 0 Å². The maximum Gasteiger partial charge on any atom is 0.266 e. The summed E-state index contributed by atoms with van der Waals surface area (Å²) in [5.41, 5.74) is -0.525. The normalized spacial score (nSPS) is 13.8. The second-order valence-corrected chi connectivity index (χ2v) is 6.24. The summed E-state index contributed by atoms with van der Waals surface area (Å²) >= 11 is 5.61. The van der Waals surface area contributed by atoms with Gasteiger partial charge < -0.3 is 9.72 Å². The molecule has 8 heteroatoms. The lowest BCUT2D eigenvalue weighted by atomic mass is 10.4. The Hall–Kier alpha value is -0.890. The van der Waals surface area contributed by atoms with Gasteiger partial charge in [0.1, 0.15) is 5.02 Å². The van der Waals surface area contributed by atoms with Gasteiger partial charge in [-0.2, -0.15) is 4.31 Å². The molecule has 0 radical (unpaired) electrons. The molecule has 6 nitrogen and oxygen atoms in total. The fraction of sp³-hybridized carbons (Fsp3) is 0.500. The Morgan fingerprint density at radius 1 is 1.56 bits per heavy atom. The molecule has 1 N–H and O–H groups in total. The molecule has 18 heavy (non-hydrogen) atoms. The number of hydrogen-bond acceptors (Lipinski definition) is 4. The van der Waals surface area contributed by atoms with Gasteiger partial charge in [-0.15, -0.1) is 0 Å². The summed E-state index contributed by atoms with van der Waals surface area (Å²) in [5.74, 6) is 0. The number of rotatable bonds is 5. The van der Waals surface area contributed by atoms with Gasteiger partial charge in [-0.1, -0.05) is 11.6 Å². The van der Waals surface area contributed by atoms with Crippen LogP contribution in [0.15, 0.2) is 22.0 Å². The number of likely N-dealkylation sites (N-methyl/N-ethyl adjacent to an activating group) is 1. The van der Waals surface area contributed by atoms with Crippen LogP contribution in [0.5, 0.6) is 0 Å². The van der Waals surface area contributed by atoms with E-state index in [2.05, 4.69) is 4.98 Å². The zero-order valence-corrected chi connectivity index (χ0v) is 11.9. The monoisotopic (exact) mass is 294 g/mol. The molecule has 0 fully saturated rings. The number of aromatic nitrogens is 1. The van der Waals surface area contributed by atoms with Crippen molar-refractivity contribution < 1.29 is 13.2 Å². The van der Waals surface area contributed by atoms with Gasteiger partial charge >= 0.3 is 0 Å². The molecule has 1 aromatic rings. The van der Waals surface area contributed by atoms with Crippen LogP contribution >= 0.6 is 11.6 Å². The average Bonchev–Trinajstić information content (AvgIpc) is 2.31. The Bertz CT molecular complexity index is 569. The van der Waals surface area contributed by atoms with Crippen molar-refractivity contribution in [2.45, 2.75) is 17.9 Å². The molecule has 1 atom stereocenters. The van der Waals surface area contributed by atoms with E-state index in [0.717, 1.165) is 12.3 Å². The van der Waals surface area contributed by atoms with E-state index in [-0.39, 0.29) is 22.6 Å². The number of H-pyrrole nitrogens is 1. The van der Waals surface area contributed by atoms with E-state index in [1.165, 1.54) is 18.5 Å². The summed E-state index contributed by atoms with van der Waals surface area (Å²) < 4.78 is 30.5. The molecule has 0 aliphatic heterocycles. The molecule has 0 saturated carbocycles. The molecule has 0 aliphatic carbocycles. The third kappa shape index (κ3) is 3.11. The van der Waals surface area contributed by atoms with Crippen molar-refractivity contribution in [1.29, 1.82) is 0 Å². The molecule has 0 saturated heterocycles. The first kappa shape index (κ1) is 15.2. The zero-order valence-electron chi connectivity index (χ0n) is 10.3. The van der Waals surface area contributed by atoms with E-state index in [1.807, 2.05) is 0 Å². The second kappa shape index (κ2) is 5.83. The van der Waals surface area contributed by atoms with E-state index in [4.69, 9.17) is 16.3 Å². The van der Waals surface area contributed by atoms with Crippen molar-refractivity contribution in [3.05, 3.63) is 27.6 Å². The van der Waals surface area contributed by atoms with Crippen molar-refractivity contribution in [2.75, 3.05) is 20.8 Å². The Morgan fingerprint density at radius 3 is 2.67 bits per heavy atom. The summed E-state index contributed by atoms with van der Waals surface area (Å²) in [4.78, 5) is 13.3. The number of ether oxygens (including phenoxy) is 1. The lowest BCUT2D eigenvalue weighted by Crippen LogP contribution is -2.38. The lowest BCUT2D eigenvalue weighted by Gasteiger charge is -2.23. The topological polar surface area (TPSA) is 79.5 Å². The van der Waals surface area contributed by atoms with Crippen molar-refractivity contribution in [3.63, 3.8) is 0 Å². The largest absolute Gasteiger partial charge is 0.383 e. The fourth-order valence-corrected chi connectivity index (χ4v) is 2.91. The van der Waals surface area contributed by atoms with Crippen molar-refractivity contribution in [2.24, 2.45) is 0 Å². The highest BCUT2D eigenvalue weighted by Crippen LogP contribution is 2.17. The van der Waals surface area contributed by atoms with Gasteiger partial charge in [0.2, 0.25) is 10.0 Å². The summed E-state index contributed by atoms with van der Waals surface area (Å²) in [6, 6.07) is 0.803. The molecule has 0 amide bonds. The first-order chi connectivity index (χ1) is 8.30. The van der Waals surface area contributed by atoms with E-state index >= 15 is 0 Å². The van der Waals surface area contributed by atoms with Gasteiger partial charge in [-0.3, -0.25) is 4.79 Å². The number of pyridine rings is 1. The van der Waals surface area contributed by atoms with Crippen LogP contribution in [0.3, 0.4) is 0 Å². The quantitative estimate of drug-likeness (QED) is 0.866. The molecule has 1 rings (SSSR count). The first-order valence-corrected chi connectivity index (χ1v) is 6.97. The van der Waals surface area contributed by atoms with E-state index in [1.54, 1.807) is 6.92 Å². The van der Waals surface area contributed by atoms with Gasteiger partial charge in [0, 0.05) is 26.4 Å². The van der Waals surface area contributed by atoms with Gasteiger partial charge in [0.25, 0.3) is 5.56 Å². The average molecular weight is 295 g/mol.